The minimum atomic E-state index is -3.91. The molecule has 0 saturated heterocycles. The van der Waals surface area contributed by atoms with Gasteiger partial charge in [-0.15, -0.1) is 0 Å². The molecule has 0 unspecified atom stereocenters. The van der Waals surface area contributed by atoms with E-state index in [1.807, 2.05) is 6.92 Å². The van der Waals surface area contributed by atoms with Crippen molar-refractivity contribution in [3.05, 3.63) is 58.6 Å². The number of carbonyl (C=O) groups excluding carboxylic acids is 1. The summed E-state index contributed by atoms with van der Waals surface area (Å²) in [6.07, 6.45) is 0. The molecule has 0 bridgehead atoms. The summed E-state index contributed by atoms with van der Waals surface area (Å²) < 4.78 is 31.4. The maximum absolute atomic E-state index is 12.8. The molecule has 0 spiro atoms. The van der Waals surface area contributed by atoms with Gasteiger partial charge in [0.25, 0.3) is 10.0 Å². The van der Waals surface area contributed by atoms with Crippen molar-refractivity contribution in [1.29, 1.82) is 0 Å². The van der Waals surface area contributed by atoms with E-state index in [1.54, 1.807) is 24.3 Å². The first kappa shape index (κ1) is 17.3. The van der Waals surface area contributed by atoms with Crippen molar-refractivity contribution in [2.24, 2.45) is 0 Å². The van der Waals surface area contributed by atoms with Gasteiger partial charge in [-0.05, 0) is 36.8 Å². The Balaban J connectivity index is 2.56. The van der Waals surface area contributed by atoms with E-state index in [-0.39, 0.29) is 21.2 Å². The minimum absolute atomic E-state index is 0.0214. The van der Waals surface area contributed by atoms with Gasteiger partial charge in [0.2, 0.25) is 0 Å². The number of anilines is 1. The topological polar surface area (TPSA) is 63.7 Å². The molecule has 0 aromatic heterocycles. The molecule has 23 heavy (non-hydrogen) atoms. The number of aryl methyl sites for hydroxylation is 1. The van der Waals surface area contributed by atoms with Gasteiger partial charge in [0.05, 0.1) is 23.4 Å². The summed E-state index contributed by atoms with van der Waals surface area (Å²) in [4.78, 5) is 11.8. The molecule has 0 aliphatic heterocycles. The lowest BCUT2D eigenvalue weighted by Crippen LogP contribution is -2.28. The third kappa shape index (κ3) is 3.33. The summed E-state index contributed by atoms with van der Waals surface area (Å²) in [6.45, 7) is 1.82. The smallest absolute Gasteiger partial charge is 0.340 e. The molecule has 7 heteroatoms. The number of methoxy groups -OCH3 is 1. The van der Waals surface area contributed by atoms with Gasteiger partial charge in [-0.1, -0.05) is 29.8 Å². The second-order valence-electron chi connectivity index (χ2n) is 4.92. The van der Waals surface area contributed by atoms with Crippen LogP contribution in [0.3, 0.4) is 0 Å². The predicted octanol–water partition coefficient (Wildman–Crippen LogP) is 3.26. The maximum Gasteiger partial charge on any atom is 0.340 e. The SMILES string of the molecule is COC(=O)c1ccccc1N(C)S(=O)(=O)c1ccc(C)cc1Cl. The number of benzene rings is 2. The third-order valence-electron chi connectivity index (χ3n) is 3.37. The first-order valence-corrected chi connectivity index (χ1v) is 8.53. The van der Waals surface area contributed by atoms with Gasteiger partial charge >= 0.3 is 5.97 Å². The summed E-state index contributed by atoms with van der Waals surface area (Å²) in [6, 6.07) is 11.0. The summed E-state index contributed by atoms with van der Waals surface area (Å²) in [5.41, 5.74) is 1.23. The minimum Gasteiger partial charge on any atom is -0.465 e. The van der Waals surface area contributed by atoms with Crippen LogP contribution in [0.5, 0.6) is 0 Å². The average molecular weight is 354 g/mol. The number of hydrogen-bond donors (Lipinski definition) is 0. The lowest BCUT2D eigenvalue weighted by molar-refractivity contribution is 0.0601. The fourth-order valence-electron chi connectivity index (χ4n) is 2.12. The van der Waals surface area contributed by atoms with E-state index in [0.29, 0.717) is 0 Å². The third-order valence-corrected chi connectivity index (χ3v) is 5.63. The molecule has 0 fully saturated rings. The highest BCUT2D eigenvalue weighted by Crippen LogP contribution is 2.30. The van der Waals surface area contributed by atoms with Crippen molar-refractivity contribution in [3.8, 4) is 0 Å². The number of para-hydroxylation sites is 1. The second-order valence-corrected chi connectivity index (χ2v) is 7.26. The van der Waals surface area contributed by atoms with Crippen LogP contribution in [-0.4, -0.2) is 28.5 Å². The van der Waals surface area contributed by atoms with Crippen LogP contribution in [0.25, 0.3) is 0 Å². The molecule has 0 N–H and O–H groups in total. The molecule has 0 aliphatic carbocycles. The molecule has 0 amide bonds. The van der Waals surface area contributed by atoms with Crippen molar-refractivity contribution in [2.45, 2.75) is 11.8 Å². The number of nitrogens with zero attached hydrogens (tertiary/aromatic N) is 1. The van der Waals surface area contributed by atoms with Crippen LogP contribution >= 0.6 is 11.6 Å². The maximum atomic E-state index is 12.8. The van der Waals surface area contributed by atoms with E-state index in [4.69, 9.17) is 16.3 Å². The number of esters is 1. The molecule has 0 atom stereocenters. The molecule has 2 aromatic carbocycles. The van der Waals surface area contributed by atoms with E-state index >= 15 is 0 Å². The van der Waals surface area contributed by atoms with E-state index < -0.39 is 16.0 Å². The molecule has 0 radical (unpaired) electrons. The lowest BCUT2D eigenvalue weighted by Gasteiger charge is -2.22. The zero-order chi connectivity index (χ0) is 17.2. The van der Waals surface area contributed by atoms with Gasteiger partial charge < -0.3 is 4.74 Å². The Morgan fingerprint density at radius 1 is 1.17 bits per heavy atom. The van der Waals surface area contributed by atoms with Gasteiger partial charge in [0.15, 0.2) is 0 Å². The number of halogens is 1. The van der Waals surface area contributed by atoms with Crippen LogP contribution in [-0.2, 0) is 14.8 Å². The van der Waals surface area contributed by atoms with Crippen molar-refractivity contribution >= 4 is 33.3 Å². The fourth-order valence-corrected chi connectivity index (χ4v) is 3.91. The predicted molar refractivity (Wildman–Crippen MR) is 89.6 cm³/mol. The molecule has 0 heterocycles. The second kappa shape index (κ2) is 6.60. The first-order chi connectivity index (χ1) is 10.8. The number of carbonyl (C=O) groups is 1. The molecule has 0 aliphatic rings. The Labute approximate surface area is 140 Å². The Kier molecular flexibility index (Phi) is 4.97. The highest BCUT2D eigenvalue weighted by Gasteiger charge is 2.27. The van der Waals surface area contributed by atoms with Crippen LogP contribution in [0.4, 0.5) is 5.69 Å². The van der Waals surface area contributed by atoms with E-state index in [9.17, 15) is 13.2 Å². The zero-order valence-electron chi connectivity index (χ0n) is 12.9. The average Bonchev–Trinajstić information content (AvgIpc) is 2.53. The standard InChI is InChI=1S/C16H16ClNO4S/c1-11-8-9-15(13(17)10-11)23(20,21)18(2)14-7-5-4-6-12(14)16(19)22-3/h4-10H,1-3H3. The molecule has 2 rings (SSSR count). The normalized spacial score (nSPS) is 11.1. The van der Waals surface area contributed by atoms with Gasteiger partial charge in [-0.25, -0.2) is 13.2 Å². The highest BCUT2D eigenvalue weighted by molar-refractivity contribution is 7.93. The molecular weight excluding hydrogens is 338 g/mol. The largest absolute Gasteiger partial charge is 0.465 e. The Bertz CT molecular complexity index is 849. The van der Waals surface area contributed by atoms with Crippen molar-refractivity contribution < 1.29 is 17.9 Å². The Hall–Kier alpha value is -2.05. The van der Waals surface area contributed by atoms with Crippen LogP contribution in [0, 0.1) is 6.92 Å². The summed E-state index contributed by atoms with van der Waals surface area (Å²) in [5.74, 6) is -0.613. The Morgan fingerprint density at radius 2 is 1.83 bits per heavy atom. The number of rotatable bonds is 4. The van der Waals surface area contributed by atoms with Crippen molar-refractivity contribution in [2.75, 3.05) is 18.5 Å². The first-order valence-electron chi connectivity index (χ1n) is 6.71. The molecule has 5 nitrogen and oxygen atoms in total. The van der Waals surface area contributed by atoms with Crippen molar-refractivity contribution in [1.82, 2.24) is 0 Å². The highest BCUT2D eigenvalue weighted by atomic mass is 35.5. The van der Waals surface area contributed by atoms with Crippen LogP contribution < -0.4 is 4.31 Å². The Morgan fingerprint density at radius 3 is 2.43 bits per heavy atom. The van der Waals surface area contributed by atoms with Gasteiger partial charge in [-0.2, -0.15) is 0 Å². The molecule has 2 aromatic rings. The summed E-state index contributed by atoms with van der Waals surface area (Å²) in [7, 11) is -1.30. The zero-order valence-corrected chi connectivity index (χ0v) is 14.5. The number of hydrogen-bond acceptors (Lipinski definition) is 4. The molecule has 122 valence electrons. The molecule has 0 saturated carbocycles. The summed E-state index contributed by atoms with van der Waals surface area (Å²) in [5, 5.41) is 0.132. The van der Waals surface area contributed by atoms with E-state index in [0.717, 1.165) is 9.87 Å². The van der Waals surface area contributed by atoms with Gasteiger partial charge in [0, 0.05) is 7.05 Å². The van der Waals surface area contributed by atoms with Gasteiger partial charge in [0.1, 0.15) is 4.90 Å². The van der Waals surface area contributed by atoms with Crippen LogP contribution in [0.2, 0.25) is 5.02 Å². The number of sulfonamides is 1. The number of ether oxygens (including phenoxy) is 1. The fraction of sp³-hybridized carbons (Fsp3) is 0.188. The summed E-state index contributed by atoms with van der Waals surface area (Å²) >= 11 is 6.08. The molecular formula is C16H16ClNO4S. The lowest BCUT2D eigenvalue weighted by atomic mass is 10.2. The van der Waals surface area contributed by atoms with Crippen molar-refractivity contribution in [3.63, 3.8) is 0 Å². The van der Waals surface area contributed by atoms with Gasteiger partial charge in [-0.3, -0.25) is 4.31 Å². The van der Waals surface area contributed by atoms with Crippen LogP contribution in [0.1, 0.15) is 15.9 Å². The van der Waals surface area contributed by atoms with E-state index in [2.05, 4.69) is 0 Å². The van der Waals surface area contributed by atoms with E-state index in [1.165, 1.54) is 32.4 Å². The monoisotopic (exact) mass is 353 g/mol. The quantitative estimate of drug-likeness (QED) is 0.791. The van der Waals surface area contributed by atoms with Crippen LogP contribution in [0.15, 0.2) is 47.4 Å².